The Bertz CT molecular complexity index is 1320. The van der Waals surface area contributed by atoms with Gasteiger partial charge in [-0.15, -0.1) is 0 Å². The van der Waals surface area contributed by atoms with Crippen molar-refractivity contribution in [3.05, 3.63) is 58.1 Å². The molecule has 1 fully saturated rings. The van der Waals surface area contributed by atoms with Crippen molar-refractivity contribution in [1.29, 1.82) is 0 Å². The molecule has 0 aliphatic heterocycles. The molecule has 1 aliphatic carbocycles. The monoisotopic (exact) mass is 471 g/mol. The number of nitrogens with zero attached hydrogens (tertiary/aromatic N) is 4. The Morgan fingerprint density at radius 2 is 1.97 bits per heavy atom. The number of rotatable bonds is 5. The minimum absolute atomic E-state index is 0.245. The lowest BCUT2D eigenvalue weighted by atomic mass is 10.0. The minimum Gasteiger partial charge on any atom is -0.496 e. The molecule has 1 aromatic carbocycles. The largest absolute Gasteiger partial charge is 0.496 e. The van der Waals surface area contributed by atoms with Crippen molar-refractivity contribution in [2.75, 3.05) is 12.4 Å². The number of carbonyl (C=O) groups is 1. The zero-order valence-electron chi connectivity index (χ0n) is 16.2. The normalized spacial score (nSPS) is 13.4. The van der Waals surface area contributed by atoms with Crippen LogP contribution >= 0.6 is 34.5 Å². The molecule has 0 spiro atoms. The number of hydrogen-bond donors (Lipinski definition) is 1. The minimum atomic E-state index is -0.386. The van der Waals surface area contributed by atoms with E-state index < -0.39 is 0 Å². The molecule has 3 aromatic heterocycles. The summed E-state index contributed by atoms with van der Waals surface area (Å²) in [6, 6.07) is 6.77. The molecule has 1 saturated carbocycles. The van der Waals surface area contributed by atoms with E-state index in [0.717, 1.165) is 18.5 Å². The molecule has 0 radical (unpaired) electrons. The average Bonchev–Trinajstić information content (AvgIpc) is 3.53. The lowest BCUT2D eigenvalue weighted by Crippen LogP contribution is -2.13. The van der Waals surface area contributed by atoms with Gasteiger partial charge in [0.15, 0.2) is 15.6 Å². The van der Waals surface area contributed by atoms with Crippen LogP contribution in [0.15, 0.2) is 36.7 Å². The van der Waals surface area contributed by atoms with Gasteiger partial charge in [0.1, 0.15) is 10.9 Å². The molecule has 10 heteroatoms. The SMILES string of the molecule is COc1ccc(Cl)cc1-c1cc(Cl)ncc1C(=O)Nc1nc2ncc(C3CC3)nc2s1. The molecule has 1 N–H and O–H groups in total. The Balaban J connectivity index is 1.50. The van der Waals surface area contributed by atoms with Crippen molar-refractivity contribution in [2.24, 2.45) is 0 Å². The van der Waals surface area contributed by atoms with Gasteiger partial charge < -0.3 is 4.74 Å². The van der Waals surface area contributed by atoms with Gasteiger partial charge in [0, 0.05) is 28.3 Å². The highest BCUT2D eigenvalue weighted by Gasteiger charge is 2.26. The number of anilines is 1. The predicted molar refractivity (Wildman–Crippen MR) is 121 cm³/mol. The molecule has 31 heavy (non-hydrogen) atoms. The highest BCUT2D eigenvalue weighted by Crippen LogP contribution is 2.40. The number of thiazole rings is 1. The lowest BCUT2D eigenvalue weighted by molar-refractivity contribution is 0.102. The molecule has 7 nitrogen and oxygen atoms in total. The van der Waals surface area contributed by atoms with Crippen molar-refractivity contribution in [3.63, 3.8) is 0 Å². The van der Waals surface area contributed by atoms with Gasteiger partial charge in [-0.05, 0) is 37.1 Å². The number of nitrogens with one attached hydrogen (secondary N) is 1. The summed E-state index contributed by atoms with van der Waals surface area (Å²) in [6.45, 7) is 0. The fraction of sp³-hybridized carbons (Fsp3) is 0.190. The fourth-order valence-electron chi connectivity index (χ4n) is 3.25. The quantitative estimate of drug-likeness (QED) is 0.381. The maximum absolute atomic E-state index is 13.1. The maximum Gasteiger partial charge on any atom is 0.259 e. The summed E-state index contributed by atoms with van der Waals surface area (Å²) in [4.78, 5) is 31.3. The summed E-state index contributed by atoms with van der Waals surface area (Å²) >= 11 is 13.6. The van der Waals surface area contributed by atoms with Crippen molar-refractivity contribution < 1.29 is 9.53 Å². The number of methoxy groups -OCH3 is 1. The lowest BCUT2D eigenvalue weighted by Gasteiger charge is -2.13. The smallest absolute Gasteiger partial charge is 0.259 e. The third-order valence-electron chi connectivity index (χ3n) is 4.92. The molecule has 1 amide bonds. The Hall–Kier alpha value is -2.81. The van der Waals surface area contributed by atoms with Gasteiger partial charge in [0.2, 0.25) is 0 Å². The number of carbonyl (C=O) groups excluding carboxylic acids is 1. The average molecular weight is 472 g/mol. The van der Waals surface area contributed by atoms with E-state index in [1.165, 1.54) is 17.5 Å². The Labute approximate surface area is 191 Å². The molecule has 5 rings (SSSR count). The van der Waals surface area contributed by atoms with E-state index in [1.54, 1.807) is 37.6 Å². The fourth-order valence-corrected chi connectivity index (χ4v) is 4.38. The van der Waals surface area contributed by atoms with Crippen LogP contribution in [0.3, 0.4) is 0 Å². The standard InChI is InChI=1S/C21H15Cl2N5O2S/c1-30-16-5-4-11(22)6-13(16)12-7-17(23)24-8-14(12)19(29)28-21-27-18-20(31-21)26-15(9-25-18)10-2-3-10/h4-10H,2-3H2,1H3,(H,25,27,28,29). The third kappa shape index (κ3) is 4.06. The molecular weight excluding hydrogens is 457 g/mol. The second-order valence-electron chi connectivity index (χ2n) is 7.07. The van der Waals surface area contributed by atoms with Crippen molar-refractivity contribution in [3.8, 4) is 16.9 Å². The molecule has 0 saturated heterocycles. The van der Waals surface area contributed by atoms with Gasteiger partial charge in [0.25, 0.3) is 5.91 Å². The van der Waals surface area contributed by atoms with Crippen LogP contribution < -0.4 is 10.1 Å². The second-order valence-corrected chi connectivity index (χ2v) is 8.87. The van der Waals surface area contributed by atoms with Crippen molar-refractivity contribution in [1.82, 2.24) is 19.9 Å². The first kappa shape index (κ1) is 20.1. The van der Waals surface area contributed by atoms with Gasteiger partial charge in [-0.25, -0.2) is 15.0 Å². The van der Waals surface area contributed by atoms with Gasteiger partial charge in [0.05, 0.1) is 24.6 Å². The van der Waals surface area contributed by atoms with Crippen molar-refractivity contribution in [2.45, 2.75) is 18.8 Å². The van der Waals surface area contributed by atoms with E-state index in [4.69, 9.17) is 27.9 Å². The van der Waals surface area contributed by atoms with E-state index in [1.807, 2.05) is 0 Å². The number of fused-ring (bicyclic) bond motifs is 1. The van der Waals surface area contributed by atoms with Crippen molar-refractivity contribution >= 4 is 56.1 Å². The Kier molecular flexibility index (Phi) is 5.21. The highest BCUT2D eigenvalue weighted by molar-refractivity contribution is 7.21. The van der Waals surface area contributed by atoms with E-state index in [-0.39, 0.29) is 11.1 Å². The Morgan fingerprint density at radius 3 is 2.74 bits per heavy atom. The molecule has 4 aromatic rings. The van der Waals surface area contributed by atoms with Crippen LogP contribution in [0.25, 0.3) is 21.6 Å². The van der Waals surface area contributed by atoms with E-state index in [9.17, 15) is 4.79 Å². The van der Waals surface area contributed by atoms with Gasteiger partial charge in [-0.2, -0.15) is 4.98 Å². The van der Waals surface area contributed by atoms with Crippen LogP contribution in [-0.2, 0) is 0 Å². The zero-order chi connectivity index (χ0) is 21.5. The highest BCUT2D eigenvalue weighted by atomic mass is 35.5. The summed E-state index contributed by atoms with van der Waals surface area (Å²) in [7, 11) is 1.55. The molecule has 0 bridgehead atoms. The molecular formula is C21H15Cl2N5O2S. The number of halogens is 2. The molecule has 1 aliphatic rings. The summed E-state index contributed by atoms with van der Waals surface area (Å²) in [5, 5.41) is 3.98. The number of aromatic nitrogens is 4. The first-order valence-electron chi connectivity index (χ1n) is 9.46. The number of ether oxygens (including phenoxy) is 1. The van der Waals surface area contributed by atoms with Crippen LogP contribution in [0.2, 0.25) is 10.2 Å². The second kappa shape index (κ2) is 8.03. The molecule has 156 valence electrons. The van der Waals surface area contributed by atoms with E-state index in [2.05, 4.69) is 25.3 Å². The number of hydrogen-bond acceptors (Lipinski definition) is 7. The molecule has 3 heterocycles. The van der Waals surface area contributed by atoms with Gasteiger partial charge >= 0.3 is 0 Å². The van der Waals surface area contributed by atoms with Crippen LogP contribution in [0.5, 0.6) is 5.75 Å². The molecule has 0 unspecified atom stereocenters. The number of amides is 1. The van der Waals surface area contributed by atoms with E-state index >= 15 is 0 Å². The predicted octanol–water partition coefficient (Wildman–Crippen LogP) is 5.59. The zero-order valence-corrected chi connectivity index (χ0v) is 18.6. The van der Waals surface area contributed by atoms with Crippen LogP contribution in [0, 0.1) is 0 Å². The van der Waals surface area contributed by atoms with Crippen LogP contribution in [-0.4, -0.2) is 33.0 Å². The summed E-state index contributed by atoms with van der Waals surface area (Å²) in [5.74, 6) is 0.664. The topological polar surface area (TPSA) is 89.9 Å². The van der Waals surface area contributed by atoms with Gasteiger partial charge in [-0.1, -0.05) is 34.5 Å². The summed E-state index contributed by atoms with van der Waals surface area (Å²) in [5.41, 5.74) is 2.97. The maximum atomic E-state index is 13.1. The third-order valence-corrected chi connectivity index (χ3v) is 6.22. The van der Waals surface area contributed by atoms with Crippen LogP contribution in [0.1, 0.15) is 34.8 Å². The first-order chi connectivity index (χ1) is 15.0. The number of benzene rings is 1. The first-order valence-corrected chi connectivity index (χ1v) is 11.0. The number of pyridine rings is 1. The summed E-state index contributed by atoms with van der Waals surface area (Å²) < 4.78 is 5.44. The summed E-state index contributed by atoms with van der Waals surface area (Å²) in [6.07, 6.45) is 5.46. The molecule has 0 atom stereocenters. The van der Waals surface area contributed by atoms with Gasteiger partial charge in [-0.3, -0.25) is 10.1 Å². The van der Waals surface area contributed by atoms with Crippen LogP contribution in [0.4, 0.5) is 5.13 Å². The Morgan fingerprint density at radius 1 is 1.13 bits per heavy atom. The van der Waals surface area contributed by atoms with E-state index in [0.29, 0.717) is 49.0 Å².